The highest BCUT2D eigenvalue weighted by atomic mass is 16.7. The molecule has 0 spiro atoms. The van der Waals surface area contributed by atoms with Crippen molar-refractivity contribution in [1.82, 2.24) is 10.1 Å². The lowest BCUT2D eigenvalue weighted by Gasteiger charge is -2.18. The van der Waals surface area contributed by atoms with Gasteiger partial charge >= 0.3 is 5.97 Å². The number of hydrogen-bond acceptors (Lipinski definition) is 11. The highest BCUT2D eigenvalue weighted by Crippen LogP contribution is 2.41. The lowest BCUT2D eigenvalue weighted by molar-refractivity contribution is -0.198. The fraction of sp³-hybridized carbons (Fsp3) is 0.189. The van der Waals surface area contributed by atoms with E-state index in [2.05, 4.69) is 15.7 Å². The molecule has 0 atom stereocenters. The fourth-order valence-corrected chi connectivity index (χ4v) is 5.50. The van der Waals surface area contributed by atoms with Crippen LogP contribution in [0, 0.1) is 0 Å². The summed E-state index contributed by atoms with van der Waals surface area (Å²) in [5.41, 5.74) is 10.7. The van der Waals surface area contributed by atoms with Gasteiger partial charge in [0.2, 0.25) is 5.91 Å². The normalized spacial score (nSPS) is 12.9. The van der Waals surface area contributed by atoms with Crippen LogP contribution in [0.1, 0.15) is 36.0 Å². The van der Waals surface area contributed by atoms with E-state index in [0.717, 1.165) is 21.5 Å². The Hall–Kier alpha value is -6.74. The number of nitrogens with two attached hydrogens (primary N) is 2. The zero-order chi connectivity index (χ0) is 36.8. The molecule has 1 fully saturated rings. The maximum Gasteiger partial charge on any atom is 0.335 e. The van der Waals surface area contributed by atoms with Crippen LogP contribution in [0.25, 0.3) is 33.4 Å². The van der Waals surface area contributed by atoms with Gasteiger partial charge in [-0.2, -0.15) is 0 Å². The van der Waals surface area contributed by atoms with Gasteiger partial charge in [-0.25, -0.2) is 9.80 Å². The van der Waals surface area contributed by atoms with E-state index >= 15 is 0 Å². The molecule has 6 rings (SSSR count). The number of ether oxygens (including phenoxy) is 1. The van der Waals surface area contributed by atoms with E-state index in [4.69, 9.17) is 25.1 Å². The minimum Gasteiger partial charge on any atom is -0.456 e. The maximum absolute atomic E-state index is 13.8. The van der Waals surface area contributed by atoms with Crippen molar-refractivity contribution in [2.45, 2.75) is 25.7 Å². The Morgan fingerprint density at radius 1 is 0.923 bits per heavy atom. The predicted molar refractivity (Wildman–Crippen MR) is 187 cm³/mol. The second-order valence-corrected chi connectivity index (χ2v) is 11.8. The van der Waals surface area contributed by atoms with Crippen molar-refractivity contribution in [3.05, 3.63) is 95.8 Å². The summed E-state index contributed by atoms with van der Waals surface area (Å²) < 4.78 is 11.5. The number of carbonyl (C=O) groups is 5. The number of hydroxylamine groups is 2. The molecule has 2 heterocycles. The van der Waals surface area contributed by atoms with Crippen LogP contribution in [-0.4, -0.2) is 59.9 Å². The average molecular weight is 705 g/mol. The maximum atomic E-state index is 13.8. The molecule has 15 nitrogen and oxygen atoms in total. The van der Waals surface area contributed by atoms with Gasteiger partial charge in [0.05, 0.1) is 37.8 Å². The molecular weight excluding hydrogens is 670 g/mol. The number of fused-ring (bicyclic) bond motifs is 2. The predicted octanol–water partition coefficient (Wildman–Crippen LogP) is 3.56. The zero-order valence-corrected chi connectivity index (χ0v) is 28.0. The number of carbonyl (C=O) groups excluding carboxylic acids is 5. The summed E-state index contributed by atoms with van der Waals surface area (Å²) in [5, 5.41) is 20.0. The summed E-state index contributed by atoms with van der Waals surface area (Å²) in [7, 11) is 1.51. The molecule has 0 saturated carbocycles. The lowest BCUT2D eigenvalue weighted by Crippen LogP contribution is -2.44. The molecule has 1 aliphatic carbocycles. The third kappa shape index (κ3) is 8.00. The van der Waals surface area contributed by atoms with Crippen molar-refractivity contribution < 1.29 is 43.4 Å². The van der Waals surface area contributed by atoms with Gasteiger partial charge in [0, 0.05) is 65.5 Å². The number of amides is 4. The zero-order valence-electron chi connectivity index (χ0n) is 28.0. The summed E-state index contributed by atoms with van der Waals surface area (Å²) in [6.45, 7) is -0.0161. The monoisotopic (exact) mass is 704 g/mol. The molecule has 4 amide bonds. The van der Waals surface area contributed by atoms with Gasteiger partial charge in [0.25, 0.3) is 17.7 Å². The minimum absolute atomic E-state index is 0.0104. The Morgan fingerprint density at radius 3 is 2.42 bits per heavy atom. The number of nitrogens with zero attached hydrogens (tertiary/aromatic N) is 4. The highest BCUT2D eigenvalue weighted by Gasteiger charge is 2.32. The first-order valence-corrected chi connectivity index (χ1v) is 16.3. The molecule has 0 bridgehead atoms. The smallest absolute Gasteiger partial charge is 0.335 e. The first-order chi connectivity index (χ1) is 25.1. The third-order valence-corrected chi connectivity index (χ3v) is 8.06. The van der Waals surface area contributed by atoms with Gasteiger partial charge in [0.1, 0.15) is 11.3 Å². The lowest BCUT2D eigenvalue weighted by atomic mass is 9.90. The van der Waals surface area contributed by atoms with Gasteiger partial charge in [-0.15, -0.1) is 10.2 Å². The molecule has 5 N–H and O–H groups in total. The van der Waals surface area contributed by atoms with E-state index in [1.165, 1.54) is 7.05 Å². The quantitative estimate of drug-likeness (QED) is 0.0432. The Kier molecular flexibility index (Phi) is 10.4. The van der Waals surface area contributed by atoms with Crippen molar-refractivity contribution >= 4 is 57.6 Å². The Morgan fingerprint density at radius 2 is 1.65 bits per heavy atom. The molecule has 52 heavy (non-hydrogen) atoms. The Labute approximate surface area is 296 Å². The summed E-state index contributed by atoms with van der Waals surface area (Å²) >= 11 is 0. The molecule has 0 radical (unpaired) electrons. The van der Waals surface area contributed by atoms with E-state index in [0.29, 0.717) is 50.0 Å². The summed E-state index contributed by atoms with van der Waals surface area (Å²) in [6, 6.07) is 24.5. The van der Waals surface area contributed by atoms with Crippen molar-refractivity contribution in [2.75, 3.05) is 31.3 Å². The van der Waals surface area contributed by atoms with E-state index < -0.39 is 23.7 Å². The van der Waals surface area contributed by atoms with E-state index in [-0.39, 0.29) is 44.8 Å². The summed E-state index contributed by atoms with van der Waals surface area (Å²) in [5.74, 6) is -2.08. The SMILES string of the molecule is CN(N=Nc1ccc(NC(=O)CCOCCC(=O)ON2C(=O)CCC2=O)cc1)C(=O)c1ccccc1-c1c2ccc(=[NH2+])cc-2oc2cc(N)ccc12. The molecule has 0 aromatic heterocycles. The fourth-order valence-electron chi connectivity index (χ4n) is 5.50. The number of imide groups is 1. The molecule has 3 aromatic rings. The second-order valence-electron chi connectivity index (χ2n) is 11.8. The van der Waals surface area contributed by atoms with Gasteiger partial charge in [-0.1, -0.05) is 23.4 Å². The number of nitrogen functional groups attached to an aromatic ring is 1. The van der Waals surface area contributed by atoms with E-state index in [1.54, 1.807) is 60.7 Å². The molecule has 3 aliphatic rings. The molecular formula is C37H34N7O8+. The molecule has 264 valence electrons. The van der Waals surface area contributed by atoms with Crippen molar-refractivity contribution in [1.29, 1.82) is 0 Å². The minimum atomic E-state index is -0.783. The standard InChI is InChI=1S/C37H33N7O8/c1-43(37(49)27-5-3-2-4-26(27)36-28-12-6-22(38)20-30(28)51-31-21-23(39)7-13-29(31)36)42-41-25-10-8-24(9-11-25)40-32(45)16-18-50-19-17-35(48)52-44-33(46)14-15-34(44)47/h2-13,20-21,38H,14-19,39H2,1H3,(H,40,45)/p+1. The van der Waals surface area contributed by atoms with Crippen LogP contribution in [0.4, 0.5) is 17.1 Å². The van der Waals surface area contributed by atoms with Crippen LogP contribution in [0.15, 0.2) is 99.7 Å². The number of hydrogen-bond donors (Lipinski definition) is 3. The van der Waals surface area contributed by atoms with Crippen molar-refractivity contribution in [2.24, 2.45) is 10.3 Å². The molecule has 3 aromatic carbocycles. The van der Waals surface area contributed by atoms with Crippen LogP contribution in [0.2, 0.25) is 0 Å². The summed E-state index contributed by atoms with van der Waals surface area (Å²) in [6.07, 6.45) is -0.155. The first-order valence-electron chi connectivity index (χ1n) is 16.3. The van der Waals surface area contributed by atoms with Crippen LogP contribution in [0.5, 0.6) is 0 Å². The van der Waals surface area contributed by atoms with Crippen molar-refractivity contribution in [3.63, 3.8) is 0 Å². The third-order valence-electron chi connectivity index (χ3n) is 8.06. The molecule has 2 aliphatic heterocycles. The van der Waals surface area contributed by atoms with Crippen LogP contribution in [0.3, 0.4) is 0 Å². The molecule has 0 unspecified atom stereocenters. The first kappa shape index (κ1) is 35.1. The van der Waals surface area contributed by atoms with Crippen molar-refractivity contribution in [3.8, 4) is 22.5 Å². The Bertz CT molecular complexity index is 2230. The van der Waals surface area contributed by atoms with E-state index in [9.17, 15) is 24.0 Å². The molecule has 1 saturated heterocycles. The Balaban J connectivity index is 1.05. The summed E-state index contributed by atoms with van der Waals surface area (Å²) in [4.78, 5) is 65.8. The van der Waals surface area contributed by atoms with Gasteiger partial charge < -0.3 is 25.0 Å². The second kappa shape index (κ2) is 15.4. The molecule has 15 heteroatoms. The number of anilines is 2. The van der Waals surface area contributed by atoms with Crippen LogP contribution < -0.4 is 21.8 Å². The van der Waals surface area contributed by atoms with E-state index in [1.807, 2.05) is 24.3 Å². The topological polar surface area (TPSA) is 212 Å². The number of rotatable bonds is 12. The van der Waals surface area contributed by atoms with Gasteiger partial charge in [-0.05, 0) is 54.1 Å². The van der Waals surface area contributed by atoms with Gasteiger partial charge in [0.15, 0.2) is 5.36 Å². The average Bonchev–Trinajstić information content (AvgIpc) is 3.45. The highest BCUT2D eigenvalue weighted by molar-refractivity contribution is 6.09. The van der Waals surface area contributed by atoms with Crippen LogP contribution in [-0.2, 0) is 28.8 Å². The van der Waals surface area contributed by atoms with Gasteiger partial charge in [-0.3, -0.25) is 24.6 Å². The largest absolute Gasteiger partial charge is 0.456 e. The number of nitrogens with one attached hydrogen (secondary N) is 1. The number of benzene rings is 4. The van der Waals surface area contributed by atoms with Crippen LogP contribution >= 0.6 is 0 Å².